The van der Waals surface area contributed by atoms with Gasteiger partial charge in [0.1, 0.15) is 0 Å². The van der Waals surface area contributed by atoms with Gasteiger partial charge < -0.3 is 0 Å². The molecule has 3 rings (SSSR count). The predicted octanol–water partition coefficient (Wildman–Crippen LogP) is 6.25. The maximum atomic E-state index is 13.3. The summed E-state index contributed by atoms with van der Waals surface area (Å²) in [5.41, 5.74) is -2.22. The van der Waals surface area contributed by atoms with E-state index >= 15 is 0 Å². The largest absolute Gasteiger partial charge is 0.417 e. The summed E-state index contributed by atoms with van der Waals surface area (Å²) in [6.07, 6.45) is -8.91. The first-order valence-corrected chi connectivity index (χ1v) is 7.48. The lowest BCUT2D eigenvalue weighted by molar-refractivity contribution is -0.139. The summed E-state index contributed by atoms with van der Waals surface area (Å²) in [6.45, 7) is 0. The Morgan fingerprint density at radius 2 is 1.35 bits per heavy atom. The van der Waals surface area contributed by atoms with Gasteiger partial charge in [-0.15, -0.1) is 0 Å². The molecule has 23 heavy (non-hydrogen) atoms. The molecule has 0 aromatic heterocycles. The second-order valence-corrected chi connectivity index (χ2v) is 6.14. The van der Waals surface area contributed by atoms with E-state index in [9.17, 15) is 26.3 Å². The number of fused-ring (bicyclic) bond motifs is 3. The van der Waals surface area contributed by atoms with Crippen molar-refractivity contribution in [2.24, 2.45) is 0 Å². The third kappa shape index (κ3) is 2.75. The van der Waals surface area contributed by atoms with Crippen molar-refractivity contribution in [1.29, 1.82) is 0 Å². The Morgan fingerprint density at radius 3 is 1.96 bits per heavy atom. The number of hydrogen-bond donors (Lipinski definition) is 0. The van der Waals surface area contributed by atoms with E-state index in [4.69, 9.17) is 0 Å². The molecule has 0 saturated heterocycles. The Bertz CT molecular complexity index is 773. The minimum absolute atomic E-state index is 0.258. The molecule has 0 heterocycles. The van der Waals surface area contributed by atoms with E-state index in [1.54, 1.807) is 0 Å². The Balaban J connectivity index is 2.43. The molecule has 0 amide bonds. The number of alkyl halides is 6. The van der Waals surface area contributed by atoms with Crippen molar-refractivity contribution in [3.63, 3.8) is 0 Å². The normalized spacial score (nSPS) is 14.4. The third-order valence-corrected chi connectivity index (χ3v) is 4.65. The van der Waals surface area contributed by atoms with Crippen LogP contribution in [0, 0.1) is 0 Å². The fourth-order valence-electron chi connectivity index (χ4n) is 2.99. The molecule has 2 aromatic rings. The topological polar surface area (TPSA) is 0 Å². The van der Waals surface area contributed by atoms with Gasteiger partial charge in [0.05, 0.1) is 11.1 Å². The van der Waals surface area contributed by atoms with Crippen LogP contribution < -0.4 is 0 Å². The Kier molecular flexibility index (Phi) is 3.74. The lowest BCUT2D eigenvalue weighted by atomic mass is 9.80. The van der Waals surface area contributed by atoms with Crippen LogP contribution in [0.2, 0.25) is 0 Å². The highest BCUT2D eigenvalue weighted by atomic mass is 79.9. The predicted molar refractivity (Wildman–Crippen MR) is 77.0 cm³/mol. The van der Waals surface area contributed by atoms with Crippen molar-refractivity contribution in [1.82, 2.24) is 0 Å². The van der Waals surface area contributed by atoms with Crippen LogP contribution in [0.5, 0.6) is 0 Å². The van der Waals surface area contributed by atoms with Gasteiger partial charge in [0, 0.05) is 4.47 Å². The molecule has 0 atom stereocenters. The summed E-state index contributed by atoms with van der Waals surface area (Å²) in [5.74, 6) is 0. The van der Waals surface area contributed by atoms with E-state index in [1.807, 2.05) is 0 Å². The summed E-state index contributed by atoms with van der Waals surface area (Å²) in [6, 6.07) is 5.58. The van der Waals surface area contributed by atoms with E-state index in [0.29, 0.717) is 4.47 Å². The second-order valence-electron chi connectivity index (χ2n) is 5.28. The van der Waals surface area contributed by atoms with E-state index in [-0.39, 0.29) is 35.1 Å². The summed E-state index contributed by atoms with van der Waals surface area (Å²) in [7, 11) is 0. The standard InChI is InChI=1S/C16H9BrF6/c17-12-7-6-11(16(21,22)23)14-9(12)5-4-8-2-1-3-10(13(8)14)15(18,19)20/h1-3,6-7H,4-5H2. The molecule has 1 aliphatic carbocycles. The summed E-state index contributed by atoms with van der Waals surface area (Å²) in [5, 5.41) is 0. The fraction of sp³-hybridized carbons (Fsp3) is 0.250. The average molecular weight is 395 g/mol. The summed E-state index contributed by atoms with van der Waals surface area (Å²) < 4.78 is 80.3. The molecular weight excluding hydrogens is 386 g/mol. The molecule has 7 heteroatoms. The van der Waals surface area contributed by atoms with Crippen LogP contribution in [0.1, 0.15) is 22.3 Å². The maximum absolute atomic E-state index is 13.3. The lowest BCUT2D eigenvalue weighted by Crippen LogP contribution is -2.17. The molecule has 0 aliphatic heterocycles. The average Bonchev–Trinajstić information content (AvgIpc) is 2.44. The molecule has 0 bridgehead atoms. The molecule has 1 aliphatic rings. The minimum atomic E-state index is -4.72. The van der Waals surface area contributed by atoms with Gasteiger partial charge in [-0.25, -0.2) is 0 Å². The first-order chi connectivity index (χ1) is 10.6. The van der Waals surface area contributed by atoms with Crippen LogP contribution in [0.15, 0.2) is 34.8 Å². The zero-order valence-corrected chi connectivity index (χ0v) is 13.0. The zero-order chi connectivity index (χ0) is 17.0. The minimum Gasteiger partial charge on any atom is -0.166 e. The monoisotopic (exact) mass is 394 g/mol. The summed E-state index contributed by atoms with van der Waals surface area (Å²) in [4.78, 5) is 0. The number of hydrogen-bond acceptors (Lipinski definition) is 0. The molecule has 0 spiro atoms. The smallest absolute Gasteiger partial charge is 0.166 e. The second kappa shape index (κ2) is 5.26. The van der Waals surface area contributed by atoms with Gasteiger partial charge >= 0.3 is 12.4 Å². The van der Waals surface area contributed by atoms with Gasteiger partial charge in [-0.1, -0.05) is 28.1 Å². The van der Waals surface area contributed by atoms with E-state index < -0.39 is 23.5 Å². The number of aryl methyl sites for hydroxylation is 1. The highest BCUT2D eigenvalue weighted by Crippen LogP contribution is 2.49. The third-order valence-electron chi connectivity index (χ3n) is 3.91. The Labute approximate surface area is 136 Å². The number of halogens is 7. The van der Waals surface area contributed by atoms with Crippen LogP contribution in [0.25, 0.3) is 11.1 Å². The molecule has 0 radical (unpaired) electrons. The van der Waals surface area contributed by atoms with Crippen LogP contribution in [0.3, 0.4) is 0 Å². The Hall–Kier alpha value is -1.50. The van der Waals surface area contributed by atoms with Crippen LogP contribution >= 0.6 is 15.9 Å². The highest BCUT2D eigenvalue weighted by Gasteiger charge is 2.41. The van der Waals surface area contributed by atoms with Gasteiger partial charge in [-0.2, -0.15) is 26.3 Å². The van der Waals surface area contributed by atoms with Crippen LogP contribution in [-0.2, 0) is 25.2 Å². The molecule has 0 fully saturated rings. The molecule has 0 nitrogen and oxygen atoms in total. The SMILES string of the molecule is FC(F)(F)c1cccc2c1-c1c(C(F)(F)F)ccc(Br)c1CC2. The molecular formula is C16H9BrF6. The molecule has 2 aromatic carbocycles. The van der Waals surface area contributed by atoms with Crippen molar-refractivity contribution in [3.8, 4) is 11.1 Å². The highest BCUT2D eigenvalue weighted by molar-refractivity contribution is 9.10. The first-order valence-electron chi connectivity index (χ1n) is 6.68. The number of rotatable bonds is 0. The van der Waals surface area contributed by atoms with Crippen LogP contribution in [0.4, 0.5) is 26.3 Å². The van der Waals surface area contributed by atoms with E-state index in [0.717, 1.165) is 12.1 Å². The van der Waals surface area contributed by atoms with Crippen molar-refractivity contribution in [2.45, 2.75) is 25.2 Å². The van der Waals surface area contributed by atoms with Gasteiger partial charge in [-0.05, 0) is 53.3 Å². The first kappa shape index (κ1) is 16.4. The van der Waals surface area contributed by atoms with E-state index in [1.165, 1.54) is 18.2 Å². The molecule has 122 valence electrons. The van der Waals surface area contributed by atoms with Gasteiger partial charge in [0.15, 0.2) is 0 Å². The molecule has 0 unspecified atom stereocenters. The molecule has 0 saturated carbocycles. The van der Waals surface area contributed by atoms with Gasteiger partial charge in [0.25, 0.3) is 0 Å². The number of benzene rings is 2. The van der Waals surface area contributed by atoms with Crippen molar-refractivity contribution >= 4 is 15.9 Å². The van der Waals surface area contributed by atoms with Crippen molar-refractivity contribution < 1.29 is 26.3 Å². The Morgan fingerprint density at radius 1 is 0.739 bits per heavy atom. The maximum Gasteiger partial charge on any atom is 0.417 e. The van der Waals surface area contributed by atoms with E-state index in [2.05, 4.69) is 15.9 Å². The van der Waals surface area contributed by atoms with Crippen molar-refractivity contribution in [3.05, 3.63) is 57.1 Å². The fourth-order valence-corrected chi connectivity index (χ4v) is 3.52. The van der Waals surface area contributed by atoms with Gasteiger partial charge in [0.2, 0.25) is 0 Å². The summed E-state index contributed by atoms with van der Waals surface area (Å²) >= 11 is 3.16. The van der Waals surface area contributed by atoms with Crippen LogP contribution in [-0.4, -0.2) is 0 Å². The quantitative estimate of drug-likeness (QED) is 0.463. The van der Waals surface area contributed by atoms with Gasteiger partial charge in [-0.3, -0.25) is 0 Å². The molecule has 0 N–H and O–H groups in total. The zero-order valence-electron chi connectivity index (χ0n) is 11.4. The van der Waals surface area contributed by atoms with Crippen molar-refractivity contribution in [2.75, 3.05) is 0 Å². The lowest BCUT2D eigenvalue weighted by Gasteiger charge is -2.27.